The zero-order valence-electron chi connectivity index (χ0n) is 10.2. The maximum atomic E-state index is 5.42. The molecule has 1 heterocycles. The summed E-state index contributed by atoms with van der Waals surface area (Å²) in [7, 11) is 0. The minimum Gasteiger partial charge on any atom is -0.359 e. The third kappa shape index (κ3) is 4.28. The number of aromatic nitrogens is 1. The van der Waals surface area contributed by atoms with Crippen LogP contribution in [0, 0.1) is 0 Å². The Morgan fingerprint density at radius 1 is 1.56 bits per heavy atom. The Morgan fingerprint density at radius 3 is 2.69 bits per heavy atom. The Labute approximate surface area is 97.3 Å². The second-order valence-electron chi connectivity index (χ2n) is 2.72. The van der Waals surface area contributed by atoms with Gasteiger partial charge in [-0.1, -0.05) is 49.9 Å². The van der Waals surface area contributed by atoms with Crippen LogP contribution in [0.15, 0.2) is 41.5 Å². The summed E-state index contributed by atoms with van der Waals surface area (Å²) in [6.45, 7) is 9.92. The Bertz CT molecular complexity index is 362. The number of rotatable bonds is 4. The van der Waals surface area contributed by atoms with E-state index in [9.17, 15) is 0 Å². The van der Waals surface area contributed by atoms with Crippen LogP contribution >= 0.6 is 0 Å². The molecule has 3 heteroatoms. The quantitative estimate of drug-likeness (QED) is 0.792. The first-order valence-corrected chi connectivity index (χ1v) is 5.43. The van der Waals surface area contributed by atoms with E-state index in [0.717, 1.165) is 11.3 Å². The summed E-state index contributed by atoms with van der Waals surface area (Å²) >= 11 is 0. The summed E-state index contributed by atoms with van der Waals surface area (Å²) in [6.07, 6.45) is 7.45. The average molecular weight is 220 g/mol. The molecule has 0 saturated heterocycles. The van der Waals surface area contributed by atoms with Crippen LogP contribution in [0.25, 0.3) is 5.57 Å². The van der Waals surface area contributed by atoms with E-state index in [2.05, 4.69) is 11.7 Å². The van der Waals surface area contributed by atoms with Crippen LogP contribution in [-0.2, 0) is 6.54 Å². The second-order valence-corrected chi connectivity index (χ2v) is 2.72. The molecule has 0 spiro atoms. The van der Waals surface area contributed by atoms with Gasteiger partial charge >= 0.3 is 0 Å². The highest BCUT2D eigenvalue weighted by molar-refractivity contribution is 5.71. The molecule has 0 unspecified atom stereocenters. The lowest BCUT2D eigenvalue weighted by Crippen LogP contribution is -1.92. The first-order valence-electron chi connectivity index (χ1n) is 5.43. The molecule has 0 aliphatic rings. The monoisotopic (exact) mass is 220 g/mol. The summed E-state index contributed by atoms with van der Waals surface area (Å²) in [5.41, 5.74) is 7.21. The molecule has 2 N–H and O–H groups in total. The molecule has 16 heavy (non-hydrogen) atoms. The molecule has 0 saturated carbocycles. The van der Waals surface area contributed by atoms with Crippen LogP contribution in [-0.4, -0.2) is 5.16 Å². The fourth-order valence-electron chi connectivity index (χ4n) is 1.05. The van der Waals surface area contributed by atoms with Crippen LogP contribution in [0.3, 0.4) is 0 Å². The van der Waals surface area contributed by atoms with Gasteiger partial charge in [0.25, 0.3) is 0 Å². The van der Waals surface area contributed by atoms with E-state index in [1.165, 1.54) is 0 Å². The van der Waals surface area contributed by atoms with Gasteiger partial charge in [0.15, 0.2) is 5.76 Å². The van der Waals surface area contributed by atoms with Gasteiger partial charge in [0.05, 0.1) is 6.54 Å². The van der Waals surface area contributed by atoms with Crippen LogP contribution in [0.5, 0.6) is 0 Å². The fraction of sp³-hybridized carbons (Fsp3) is 0.308. The second kappa shape index (κ2) is 8.68. The van der Waals surface area contributed by atoms with E-state index in [1.807, 2.05) is 45.1 Å². The van der Waals surface area contributed by atoms with Crippen molar-refractivity contribution in [3.05, 3.63) is 48.4 Å². The van der Waals surface area contributed by atoms with Gasteiger partial charge < -0.3 is 10.3 Å². The van der Waals surface area contributed by atoms with E-state index in [0.29, 0.717) is 12.3 Å². The molecule has 0 bridgehead atoms. The predicted molar refractivity (Wildman–Crippen MR) is 68.7 cm³/mol. The van der Waals surface area contributed by atoms with Gasteiger partial charge in [-0.2, -0.15) is 0 Å². The molecule has 1 aromatic rings. The molecule has 3 nitrogen and oxygen atoms in total. The molecular formula is C13H20N2O. The zero-order chi connectivity index (χ0) is 12.4. The normalized spacial score (nSPS) is 11.1. The summed E-state index contributed by atoms with van der Waals surface area (Å²) in [6, 6.07) is 1.84. The number of hydrogen-bond donors (Lipinski definition) is 1. The number of nitrogens with two attached hydrogens (primary N) is 1. The van der Waals surface area contributed by atoms with Gasteiger partial charge in [0.2, 0.25) is 0 Å². The Kier molecular flexibility index (Phi) is 7.81. The molecule has 1 rings (SSSR count). The lowest BCUT2D eigenvalue weighted by molar-refractivity contribution is 0.383. The number of hydrogen-bond acceptors (Lipinski definition) is 3. The molecule has 0 atom stereocenters. The van der Waals surface area contributed by atoms with Crippen molar-refractivity contribution in [3.63, 3.8) is 0 Å². The Balaban J connectivity index is 0.00000106. The minimum atomic E-state index is 0.370. The molecule has 0 amide bonds. The standard InChI is InChI=1S/C11H14N2O.C2H6/c1-3-5-6-9(4-2)11-7-10(8-12)14-13-11;1-2/h3-7H,1,8,12H2,2H3;1-2H3/b6-5-,9-4+;. The first-order chi connectivity index (χ1) is 7.81. The van der Waals surface area contributed by atoms with Crippen LogP contribution in [0.2, 0.25) is 0 Å². The molecular weight excluding hydrogens is 200 g/mol. The maximum absolute atomic E-state index is 5.42. The van der Waals surface area contributed by atoms with Crippen LogP contribution in [0.4, 0.5) is 0 Å². The van der Waals surface area contributed by atoms with E-state index in [4.69, 9.17) is 10.3 Å². The summed E-state index contributed by atoms with van der Waals surface area (Å²) in [5.74, 6) is 0.686. The van der Waals surface area contributed by atoms with E-state index in [-0.39, 0.29) is 0 Å². The SMILES string of the molecule is C=C/C=C\C(=C/C)c1cc(CN)on1.CC. The van der Waals surface area contributed by atoms with Crippen molar-refractivity contribution >= 4 is 5.57 Å². The topological polar surface area (TPSA) is 52.0 Å². The van der Waals surface area contributed by atoms with Gasteiger partial charge in [-0.15, -0.1) is 0 Å². The summed E-state index contributed by atoms with van der Waals surface area (Å²) < 4.78 is 5.00. The van der Waals surface area contributed by atoms with Gasteiger partial charge in [0, 0.05) is 6.07 Å². The molecule has 88 valence electrons. The molecule has 0 aliphatic heterocycles. The lowest BCUT2D eigenvalue weighted by Gasteiger charge is -1.91. The molecule has 0 aromatic carbocycles. The van der Waals surface area contributed by atoms with Crippen molar-refractivity contribution in [2.75, 3.05) is 0 Å². The Hall–Kier alpha value is -1.61. The minimum absolute atomic E-state index is 0.370. The third-order valence-electron chi connectivity index (χ3n) is 1.78. The zero-order valence-corrected chi connectivity index (χ0v) is 10.2. The van der Waals surface area contributed by atoms with Gasteiger partial charge in [-0.05, 0) is 12.5 Å². The van der Waals surface area contributed by atoms with Gasteiger partial charge in [-0.3, -0.25) is 0 Å². The van der Waals surface area contributed by atoms with E-state index in [1.54, 1.807) is 6.08 Å². The van der Waals surface area contributed by atoms with Crippen molar-refractivity contribution in [3.8, 4) is 0 Å². The van der Waals surface area contributed by atoms with Crippen LogP contribution < -0.4 is 5.73 Å². The Morgan fingerprint density at radius 2 is 2.25 bits per heavy atom. The smallest absolute Gasteiger partial charge is 0.150 e. The lowest BCUT2D eigenvalue weighted by atomic mass is 10.1. The number of allylic oxidation sites excluding steroid dienone is 5. The van der Waals surface area contributed by atoms with Crippen molar-refractivity contribution in [1.29, 1.82) is 0 Å². The number of nitrogens with zero attached hydrogens (tertiary/aromatic N) is 1. The predicted octanol–water partition coefficient (Wildman–Crippen LogP) is 3.31. The average Bonchev–Trinajstić information content (AvgIpc) is 2.81. The highest BCUT2D eigenvalue weighted by atomic mass is 16.5. The third-order valence-corrected chi connectivity index (χ3v) is 1.78. The van der Waals surface area contributed by atoms with E-state index < -0.39 is 0 Å². The maximum Gasteiger partial charge on any atom is 0.150 e. The highest BCUT2D eigenvalue weighted by Gasteiger charge is 2.04. The molecule has 0 aliphatic carbocycles. The summed E-state index contributed by atoms with van der Waals surface area (Å²) in [5, 5.41) is 3.90. The molecule has 0 fully saturated rings. The first kappa shape index (κ1) is 14.4. The molecule has 0 radical (unpaired) electrons. The fourth-order valence-corrected chi connectivity index (χ4v) is 1.05. The van der Waals surface area contributed by atoms with Crippen molar-refractivity contribution < 1.29 is 4.52 Å². The van der Waals surface area contributed by atoms with Gasteiger partial charge in [-0.25, -0.2) is 0 Å². The highest BCUT2D eigenvalue weighted by Crippen LogP contribution is 2.15. The van der Waals surface area contributed by atoms with Crippen molar-refractivity contribution in [2.24, 2.45) is 5.73 Å². The van der Waals surface area contributed by atoms with Crippen molar-refractivity contribution in [1.82, 2.24) is 5.16 Å². The molecule has 1 aromatic heterocycles. The van der Waals surface area contributed by atoms with E-state index >= 15 is 0 Å². The van der Waals surface area contributed by atoms with Crippen molar-refractivity contribution in [2.45, 2.75) is 27.3 Å². The van der Waals surface area contributed by atoms with Crippen LogP contribution in [0.1, 0.15) is 32.2 Å². The summed E-state index contributed by atoms with van der Waals surface area (Å²) in [4.78, 5) is 0. The van der Waals surface area contributed by atoms with Gasteiger partial charge in [0.1, 0.15) is 5.69 Å². The largest absolute Gasteiger partial charge is 0.359 e.